The van der Waals surface area contributed by atoms with Gasteiger partial charge in [-0.3, -0.25) is 0 Å². The average molecular weight is 208 g/mol. The number of nitrogen functional groups attached to an aromatic ring is 1. The molecule has 0 aliphatic heterocycles. The van der Waals surface area contributed by atoms with Gasteiger partial charge in [-0.05, 0) is 19.3 Å². The molecule has 82 valence electrons. The second-order valence-electron chi connectivity index (χ2n) is 3.92. The first kappa shape index (κ1) is 10.2. The molecule has 5 nitrogen and oxygen atoms in total. The molecule has 1 aromatic heterocycles. The van der Waals surface area contributed by atoms with Crippen LogP contribution in [0.25, 0.3) is 0 Å². The smallest absolute Gasteiger partial charge is 0.131 e. The molecule has 0 saturated heterocycles. The maximum atomic E-state index is 5.55. The van der Waals surface area contributed by atoms with Crippen LogP contribution in [0, 0.1) is 0 Å². The molecule has 1 fully saturated rings. The number of anilines is 2. The number of methoxy groups -OCH3 is 1. The van der Waals surface area contributed by atoms with Crippen LogP contribution in [0.5, 0.6) is 0 Å². The summed E-state index contributed by atoms with van der Waals surface area (Å²) >= 11 is 0. The molecule has 1 heterocycles. The van der Waals surface area contributed by atoms with E-state index >= 15 is 0 Å². The molecular formula is C10H16N4O. The van der Waals surface area contributed by atoms with Gasteiger partial charge < -0.3 is 15.8 Å². The van der Waals surface area contributed by atoms with Gasteiger partial charge in [-0.25, -0.2) is 9.97 Å². The molecule has 3 N–H and O–H groups in total. The van der Waals surface area contributed by atoms with E-state index in [9.17, 15) is 0 Å². The zero-order valence-electron chi connectivity index (χ0n) is 8.86. The van der Waals surface area contributed by atoms with Crippen molar-refractivity contribution in [3.05, 3.63) is 12.4 Å². The fourth-order valence-electron chi connectivity index (χ4n) is 1.74. The number of hydrogen-bond acceptors (Lipinski definition) is 5. The predicted molar refractivity (Wildman–Crippen MR) is 58.5 cm³/mol. The lowest BCUT2D eigenvalue weighted by Crippen LogP contribution is -2.45. The minimum Gasteiger partial charge on any atom is -0.384 e. The lowest BCUT2D eigenvalue weighted by Gasteiger charge is -2.40. The Kier molecular flexibility index (Phi) is 2.73. The maximum absolute atomic E-state index is 5.55. The van der Waals surface area contributed by atoms with Crippen LogP contribution in [-0.4, -0.2) is 29.2 Å². The van der Waals surface area contributed by atoms with Crippen molar-refractivity contribution in [2.75, 3.05) is 24.7 Å². The van der Waals surface area contributed by atoms with Crippen molar-refractivity contribution >= 4 is 11.6 Å². The topological polar surface area (TPSA) is 73.1 Å². The van der Waals surface area contributed by atoms with Crippen molar-refractivity contribution in [3.63, 3.8) is 0 Å². The van der Waals surface area contributed by atoms with E-state index in [-0.39, 0.29) is 5.60 Å². The van der Waals surface area contributed by atoms with E-state index in [1.807, 2.05) is 0 Å². The summed E-state index contributed by atoms with van der Waals surface area (Å²) in [7, 11) is 1.76. The number of aromatic nitrogens is 2. The predicted octanol–water partition coefficient (Wildman–Crippen LogP) is 1.04. The first-order valence-electron chi connectivity index (χ1n) is 5.11. The zero-order chi connectivity index (χ0) is 10.7. The number of nitrogens with one attached hydrogen (secondary N) is 1. The van der Waals surface area contributed by atoms with Crippen LogP contribution >= 0.6 is 0 Å². The van der Waals surface area contributed by atoms with Crippen LogP contribution < -0.4 is 11.1 Å². The van der Waals surface area contributed by atoms with Gasteiger partial charge in [0.1, 0.15) is 18.0 Å². The van der Waals surface area contributed by atoms with Crippen molar-refractivity contribution in [1.82, 2.24) is 9.97 Å². The second-order valence-corrected chi connectivity index (χ2v) is 3.92. The van der Waals surface area contributed by atoms with Crippen LogP contribution in [0.2, 0.25) is 0 Å². The van der Waals surface area contributed by atoms with E-state index in [0.717, 1.165) is 25.2 Å². The Hall–Kier alpha value is -1.36. The van der Waals surface area contributed by atoms with Crippen molar-refractivity contribution < 1.29 is 4.74 Å². The van der Waals surface area contributed by atoms with Gasteiger partial charge in [0.05, 0.1) is 5.60 Å². The summed E-state index contributed by atoms with van der Waals surface area (Å²) in [4.78, 5) is 7.91. The fourth-order valence-corrected chi connectivity index (χ4v) is 1.74. The van der Waals surface area contributed by atoms with Gasteiger partial charge in [0.25, 0.3) is 0 Å². The Labute approximate surface area is 89.1 Å². The molecule has 1 aliphatic carbocycles. The molecule has 0 aromatic carbocycles. The molecule has 1 saturated carbocycles. The highest BCUT2D eigenvalue weighted by Crippen LogP contribution is 2.34. The highest BCUT2D eigenvalue weighted by Gasteiger charge is 2.36. The molecule has 0 amide bonds. The zero-order valence-corrected chi connectivity index (χ0v) is 8.86. The Morgan fingerprint density at radius 3 is 2.87 bits per heavy atom. The lowest BCUT2D eigenvalue weighted by molar-refractivity contribution is -0.0601. The molecule has 5 heteroatoms. The quantitative estimate of drug-likeness (QED) is 0.773. The Balaban J connectivity index is 1.92. The van der Waals surface area contributed by atoms with Crippen molar-refractivity contribution in [1.29, 1.82) is 0 Å². The van der Waals surface area contributed by atoms with Crippen molar-refractivity contribution in [2.45, 2.75) is 24.9 Å². The van der Waals surface area contributed by atoms with E-state index in [0.29, 0.717) is 5.82 Å². The molecule has 0 radical (unpaired) electrons. The third kappa shape index (κ3) is 2.18. The van der Waals surface area contributed by atoms with E-state index in [1.165, 1.54) is 12.7 Å². The first-order chi connectivity index (χ1) is 7.24. The average Bonchev–Trinajstić information content (AvgIpc) is 2.17. The van der Waals surface area contributed by atoms with Gasteiger partial charge in [0, 0.05) is 19.7 Å². The summed E-state index contributed by atoms with van der Waals surface area (Å²) in [6.07, 6.45) is 4.91. The van der Waals surface area contributed by atoms with E-state index in [1.54, 1.807) is 13.2 Å². The van der Waals surface area contributed by atoms with Gasteiger partial charge in [0.2, 0.25) is 0 Å². The molecule has 15 heavy (non-hydrogen) atoms. The van der Waals surface area contributed by atoms with Crippen LogP contribution in [-0.2, 0) is 4.74 Å². The highest BCUT2D eigenvalue weighted by atomic mass is 16.5. The number of rotatable bonds is 4. The highest BCUT2D eigenvalue weighted by molar-refractivity contribution is 5.43. The Morgan fingerprint density at radius 2 is 2.33 bits per heavy atom. The van der Waals surface area contributed by atoms with Gasteiger partial charge in [-0.15, -0.1) is 0 Å². The number of nitrogens with two attached hydrogens (primary N) is 1. The third-order valence-electron chi connectivity index (χ3n) is 2.98. The molecule has 2 rings (SSSR count). The largest absolute Gasteiger partial charge is 0.384 e. The van der Waals surface area contributed by atoms with E-state index < -0.39 is 0 Å². The molecule has 0 bridgehead atoms. The molecule has 1 aromatic rings. The third-order valence-corrected chi connectivity index (χ3v) is 2.98. The Bertz CT molecular complexity index is 332. The minimum absolute atomic E-state index is 0.000286. The van der Waals surface area contributed by atoms with Crippen molar-refractivity contribution in [2.24, 2.45) is 0 Å². The standard InChI is InChI=1S/C10H16N4O/c1-15-10(3-2-4-10)6-12-9-5-8(11)13-7-14-9/h5,7H,2-4,6H2,1H3,(H3,11,12,13,14). The van der Waals surface area contributed by atoms with E-state index in [2.05, 4.69) is 15.3 Å². The monoisotopic (exact) mass is 208 g/mol. The summed E-state index contributed by atoms with van der Waals surface area (Å²) in [5.74, 6) is 1.23. The summed E-state index contributed by atoms with van der Waals surface area (Å²) < 4.78 is 5.49. The molecule has 0 atom stereocenters. The summed E-state index contributed by atoms with van der Waals surface area (Å²) in [5.41, 5.74) is 5.55. The van der Waals surface area contributed by atoms with Crippen LogP contribution in [0.3, 0.4) is 0 Å². The van der Waals surface area contributed by atoms with Crippen LogP contribution in [0.1, 0.15) is 19.3 Å². The summed E-state index contributed by atoms with van der Waals surface area (Å²) in [5, 5.41) is 3.22. The lowest BCUT2D eigenvalue weighted by atomic mass is 9.80. The van der Waals surface area contributed by atoms with Gasteiger partial charge >= 0.3 is 0 Å². The minimum atomic E-state index is -0.000286. The normalized spacial score (nSPS) is 18.2. The van der Waals surface area contributed by atoms with Crippen molar-refractivity contribution in [3.8, 4) is 0 Å². The fraction of sp³-hybridized carbons (Fsp3) is 0.600. The Morgan fingerprint density at radius 1 is 1.53 bits per heavy atom. The molecule has 0 spiro atoms. The van der Waals surface area contributed by atoms with Gasteiger partial charge in [-0.2, -0.15) is 0 Å². The number of hydrogen-bond donors (Lipinski definition) is 2. The second kappa shape index (κ2) is 4.02. The maximum Gasteiger partial charge on any atom is 0.131 e. The first-order valence-corrected chi connectivity index (χ1v) is 5.11. The van der Waals surface area contributed by atoms with Gasteiger partial charge in [0.15, 0.2) is 0 Å². The summed E-state index contributed by atoms with van der Waals surface area (Å²) in [6, 6.07) is 1.72. The SMILES string of the molecule is COC1(CNc2cc(N)ncn2)CCC1. The van der Waals surface area contributed by atoms with Crippen LogP contribution in [0.4, 0.5) is 11.6 Å². The number of nitrogens with zero attached hydrogens (tertiary/aromatic N) is 2. The summed E-state index contributed by atoms with van der Waals surface area (Å²) in [6.45, 7) is 0.778. The number of ether oxygens (including phenoxy) is 1. The van der Waals surface area contributed by atoms with Crippen LogP contribution in [0.15, 0.2) is 12.4 Å². The van der Waals surface area contributed by atoms with Gasteiger partial charge in [-0.1, -0.05) is 0 Å². The van der Waals surface area contributed by atoms with E-state index in [4.69, 9.17) is 10.5 Å². The molecule has 1 aliphatic rings. The molecular weight excluding hydrogens is 192 g/mol. The molecule has 0 unspecified atom stereocenters.